The van der Waals surface area contributed by atoms with Gasteiger partial charge in [-0.05, 0) is 37.3 Å². The van der Waals surface area contributed by atoms with E-state index in [9.17, 15) is 9.18 Å². The Bertz CT molecular complexity index is 946. The van der Waals surface area contributed by atoms with E-state index in [0.717, 1.165) is 11.4 Å². The molecule has 0 saturated carbocycles. The van der Waals surface area contributed by atoms with Gasteiger partial charge in [-0.15, -0.1) is 0 Å². The zero-order valence-electron chi connectivity index (χ0n) is 15.2. The minimum atomic E-state index is -0.227. The minimum Gasteiger partial charge on any atom is -0.366 e. The number of aromatic nitrogens is 2. The summed E-state index contributed by atoms with van der Waals surface area (Å²) >= 11 is 0. The second-order valence-electron chi connectivity index (χ2n) is 6.65. The van der Waals surface area contributed by atoms with E-state index in [1.165, 1.54) is 6.07 Å². The molecule has 0 radical (unpaired) electrons. The summed E-state index contributed by atoms with van der Waals surface area (Å²) < 4.78 is 15.7. The molecular weight excluding hydrogens is 343 g/mol. The first-order chi connectivity index (χ1) is 13.1. The Morgan fingerprint density at radius 2 is 1.63 bits per heavy atom. The highest BCUT2D eigenvalue weighted by molar-refractivity contribution is 5.92. The maximum absolute atomic E-state index is 14.0. The molecule has 0 aliphatic carbocycles. The number of anilines is 1. The van der Waals surface area contributed by atoms with Gasteiger partial charge in [0.2, 0.25) is 0 Å². The number of carbonyl (C=O) groups is 1. The number of rotatable bonds is 3. The Labute approximate surface area is 157 Å². The van der Waals surface area contributed by atoms with Gasteiger partial charge < -0.3 is 9.80 Å². The lowest BCUT2D eigenvalue weighted by Gasteiger charge is -2.35. The van der Waals surface area contributed by atoms with Crippen molar-refractivity contribution < 1.29 is 9.18 Å². The fraction of sp³-hybridized carbons (Fsp3) is 0.238. The van der Waals surface area contributed by atoms with E-state index in [1.54, 1.807) is 21.7 Å². The summed E-state index contributed by atoms with van der Waals surface area (Å²) in [7, 11) is 0. The van der Waals surface area contributed by atoms with Crippen molar-refractivity contribution in [2.45, 2.75) is 6.92 Å². The first-order valence-electron chi connectivity index (χ1n) is 9.04. The molecule has 138 valence electrons. The summed E-state index contributed by atoms with van der Waals surface area (Å²) in [6.07, 6.45) is 0. The van der Waals surface area contributed by atoms with E-state index in [1.807, 2.05) is 54.3 Å². The van der Waals surface area contributed by atoms with Crippen molar-refractivity contribution in [3.63, 3.8) is 0 Å². The number of halogens is 1. The zero-order chi connectivity index (χ0) is 18.8. The van der Waals surface area contributed by atoms with Crippen LogP contribution < -0.4 is 4.90 Å². The van der Waals surface area contributed by atoms with E-state index in [4.69, 9.17) is 0 Å². The zero-order valence-corrected chi connectivity index (χ0v) is 15.2. The van der Waals surface area contributed by atoms with E-state index in [-0.39, 0.29) is 11.7 Å². The molecule has 1 saturated heterocycles. The number of hydrogen-bond acceptors (Lipinski definition) is 3. The molecule has 0 atom stereocenters. The monoisotopic (exact) mass is 364 g/mol. The highest BCUT2D eigenvalue weighted by Crippen LogP contribution is 2.21. The topological polar surface area (TPSA) is 41.4 Å². The summed E-state index contributed by atoms with van der Waals surface area (Å²) in [5, 5.41) is 4.50. The summed E-state index contributed by atoms with van der Waals surface area (Å²) in [5.41, 5.74) is 2.87. The van der Waals surface area contributed by atoms with Crippen LogP contribution in [-0.4, -0.2) is 46.8 Å². The van der Waals surface area contributed by atoms with Gasteiger partial charge in [-0.3, -0.25) is 4.79 Å². The first-order valence-corrected chi connectivity index (χ1v) is 9.04. The molecular formula is C21H21FN4O. The van der Waals surface area contributed by atoms with Crippen LogP contribution in [0.1, 0.15) is 16.2 Å². The van der Waals surface area contributed by atoms with Crippen LogP contribution in [0.2, 0.25) is 0 Å². The van der Waals surface area contributed by atoms with Crippen LogP contribution >= 0.6 is 0 Å². The Kier molecular flexibility index (Phi) is 4.62. The van der Waals surface area contributed by atoms with Crippen LogP contribution in [0, 0.1) is 12.7 Å². The highest BCUT2D eigenvalue weighted by atomic mass is 19.1. The maximum atomic E-state index is 14.0. The third kappa shape index (κ3) is 3.43. The maximum Gasteiger partial charge on any atom is 0.274 e. The van der Waals surface area contributed by atoms with E-state index >= 15 is 0 Å². The van der Waals surface area contributed by atoms with Crippen LogP contribution in [-0.2, 0) is 0 Å². The van der Waals surface area contributed by atoms with Crippen molar-refractivity contribution in [3.05, 3.63) is 77.9 Å². The molecule has 0 unspecified atom stereocenters. The molecule has 2 aromatic carbocycles. The Hall–Kier alpha value is -3.15. The minimum absolute atomic E-state index is 0.0824. The van der Waals surface area contributed by atoms with Gasteiger partial charge in [-0.2, -0.15) is 5.10 Å². The van der Waals surface area contributed by atoms with Crippen molar-refractivity contribution in [2.24, 2.45) is 0 Å². The number of benzene rings is 2. The average molecular weight is 364 g/mol. The van der Waals surface area contributed by atoms with Crippen molar-refractivity contribution in [1.29, 1.82) is 0 Å². The van der Waals surface area contributed by atoms with Crippen LogP contribution in [0.25, 0.3) is 5.69 Å². The molecule has 5 nitrogen and oxygen atoms in total. The van der Waals surface area contributed by atoms with Crippen molar-refractivity contribution in [2.75, 3.05) is 31.1 Å². The number of nitrogens with zero attached hydrogens (tertiary/aromatic N) is 4. The molecule has 6 heteroatoms. The van der Waals surface area contributed by atoms with Gasteiger partial charge in [0, 0.05) is 31.9 Å². The summed E-state index contributed by atoms with van der Waals surface area (Å²) in [6.45, 7) is 4.23. The molecule has 1 aliphatic rings. The lowest BCUT2D eigenvalue weighted by molar-refractivity contribution is 0.0740. The molecule has 0 spiro atoms. The summed E-state index contributed by atoms with van der Waals surface area (Å²) in [5.74, 6) is -0.310. The molecule has 4 rings (SSSR count). The SMILES string of the molecule is Cc1cc(C(=O)N2CCN(c3ccccc3F)CC2)nn1-c1ccccc1. The molecule has 0 N–H and O–H groups in total. The number of piperazine rings is 1. The fourth-order valence-electron chi connectivity index (χ4n) is 3.43. The average Bonchev–Trinajstić information content (AvgIpc) is 3.10. The first kappa shape index (κ1) is 17.3. The van der Waals surface area contributed by atoms with Crippen molar-refractivity contribution >= 4 is 11.6 Å². The Balaban J connectivity index is 1.47. The van der Waals surface area contributed by atoms with Gasteiger partial charge in [0.05, 0.1) is 11.4 Å². The molecule has 1 amide bonds. The van der Waals surface area contributed by atoms with Crippen LogP contribution in [0.3, 0.4) is 0 Å². The molecule has 1 aliphatic heterocycles. The van der Waals surface area contributed by atoms with Crippen molar-refractivity contribution in [1.82, 2.24) is 14.7 Å². The fourth-order valence-corrected chi connectivity index (χ4v) is 3.43. The van der Waals surface area contributed by atoms with Gasteiger partial charge in [-0.1, -0.05) is 30.3 Å². The highest BCUT2D eigenvalue weighted by Gasteiger charge is 2.25. The molecule has 2 heterocycles. The second kappa shape index (κ2) is 7.23. The van der Waals surface area contributed by atoms with Crippen molar-refractivity contribution in [3.8, 4) is 5.69 Å². The predicted molar refractivity (Wildman–Crippen MR) is 103 cm³/mol. The smallest absolute Gasteiger partial charge is 0.274 e. The quantitative estimate of drug-likeness (QED) is 0.716. The van der Waals surface area contributed by atoms with Gasteiger partial charge >= 0.3 is 0 Å². The molecule has 27 heavy (non-hydrogen) atoms. The second-order valence-corrected chi connectivity index (χ2v) is 6.65. The number of carbonyl (C=O) groups excluding carboxylic acids is 1. The standard InChI is InChI=1S/C21H21FN4O/c1-16-15-19(23-26(16)17-7-3-2-4-8-17)21(27)25-13-11-24(12-14-25)20-10-6-5-9-18(20)22/h2-10,15H,11-14H2,1H3. The Morgan fingerprint density at radius 3 is 2.33 bits per heavy atom. The lowest BCUT2D eigenvalue weighted by Crippen LogP contribution is -2.49. The van der Waals surface area contributed by atoms with Crippen LogP contribution in [0.4, 0.5) is 10.1 Å². The lowest BCUT2D eigenvalue weighted by atomic mass is 10.2. The largest absolute Gasteiger partial charge is 0.366 e. The van der Waals surface area contributed by atoms with Crippen LogP contribution in [0.15, 0.2) is 60.7 Å². The molecule has 1 aromatic heterocycles. The van der Waals surface area contributed by atoms with Gasteiger partial charge in [0.15, 0.2) is 5.69 Å². The number of hydrogen-bond donors (Lipinski definition) is 0. The summed E-state index contributed by atoms with van der Waals surface area (Å²) in [6, 6.07) is 18.3. The predicted octanol–water partition coefficient (Wildman–Crippen LogP) is 3.28. The number of aryl methyl sites for hydroxylation is 1. The van der Waals surface area contributed by atoms with E-state index < -0.39 is 0 Å². The third-order valence-corrected chi connectivity index (χ3v) is 4.87. The van der Waals surface area contributed by atoms with Gasteiger partial charge in [0.1, 0.15) is 5.82 Å². The molecule has 0 bridgehead atoms. The van der Waals surface area contributed by atoms with Gasteiger partial charge in [-0.25, -0.2) is 9.07 Å². The van der Waals surface area contributed by atoms with Crippen LogP contribution in [0.5, 0.6) is 0 Å². The third-order valence-electron chi connectivity index (χ3n) is 4.87. The Morgan fingerprint density at radius 1 is 0.963 bits per heavy atom. The normalized spacial score (nSPS) is 14.4. The van der Waals surface area contributed by atoms with E-state index in [0.29, 0.717) is 37.6 Å². The molecule has 1 fully saturated rings. The number of para-hydroxylation sites is 2. The van der Waals surface area contributed by atoms with Gasteiger partial charge in [0.25, 0.3) is 5.91 Å². The number of amides is 1. The van der Waals surface area contributed by atoms with E-state index in [2.05, 4.69) is 5.10 Å². The molecule has 3 aromatic rings. The summed E-state index contributed by atoms with van der Waals surface area (Å²) in [4.78, 5) is 16.6.